The molecule has 0 bridgehead atoms. The van der Waals surface area contributed by atoms with E-state index in [9.17, 15) is 0 Å². The van der Waals surface area contributed by atoms with E-state index in [0.717, 1.165) is 211 Å². The van der Waals surface area contributed by atoms with E-state index in [1.807, 2.05) is 146 Å². The van der Waals surface area contributed by atoms with E-state index in [0.29, 0.717) is 34.9 Å². The number of pyridine rings is 2. The number of hydrogen-bond acceptors (Lipinski definition) is 10. The van der Waals surface area contributed by atoms with Crippen LogP contribution < -0.4 is 0 Å². The van der Waals surface area contributed by atoms with Gasteiger partial charge in [-0.25, -0.2) is 29.9 Å². The van der Waals surface area contributed by atoms with Crippen LogP contribution >= 0.6 is 0 Å². The monoisotopic (exact) mass is 1740 g/mol. The molecule has 0 aliphatic rings. The zero-order chi connectivity index (χ0) is 89.9. The van der Waals surface area contributed by atoms with Gasteiger partial charge in [0.2, 0.25) is 0 Å². The van der Waals surface area contributed by atoms with Crippen LogP contribution in [0.3, 0.4) is 0 Å². The summed E-state index contributed by atoms with van der Waals surface area (Å²) >= 11 is 0. The molecule has 0 atom stereocenters. The third kappa shape index (κ3) is 14.7. The Morgan fingerprint density at radius 1 is 0.162 bits per heavy atom. The minimum Gasteiger partial charge on any atom is -0.456 e. The normalized spacial score (nSPS) is 11.5. The van der Waals surface area contributed by atoms with Gasteiger partial charge in [-0.1, -0.05) is 328 Å². The molecule has 12 nitrogen and oxygen atoms in total. The van der Waals surface area contributed by atoms with E-state index in [4.69, 9.17) is 48.7 Å². The Balaban J connectivity index is 0.000000145. The summed E-state index contributed by atoms with van der Waals surface area (Å²) in [6, 6.07) is 160. The van der Waals surface area contributed by atoms with Crippen molar-refractivity contribution in [3.63, 3.8) is 0 Å². The maximum absolute atomic E-state index is 6.81. The highest BCUT2D eigenvalue weighted by atomic mass is 16.3. The molecule has 12 heteroatoms. The van der Waals surface area contributed by atoms with Crippen LogP contribution in [-0.2, 0) is 0 Å². The molecular weight excluding hydrogens is 1660 g/mol. The highest BCUT2D eigenvalue weighted by molar-refractivity contribution is 6.21. The van der Waals surface area contributed by atoms with E-state index in [1.54, 1.807) is 0 Å². The number of rotatable bonds is 16. The molecule has 0 spiro atoms. The van der Waals surface area contributed by atoms with Crippen LogP contribution in [-0.4, -0.2) is 49.0 Å². The summed E-state index contributed by atoms with van der Waals surface area (Å²) in [6.07, 6.45) is 3.97. The average molecular weight is 1740 g/mol. The minimum atomic E-state index is 0.515. The van der Waals surface area contributed by atoms with E-state index in [2.05, 4.69) is 337 Å². The second-order valence-electron chi connectivity index (χ2n) is 34.1. The fourth-order valence-electron chi connectivity index (χ4n) is 19.2. The number of fused-ring (bicyclic) bond motifs is 12. The van der Waals surface area contributed by atoms with Crippen LogP contribution in [0.4, 0.5) is 0 Å². The van der Waals surface area contributed by atoms with Gasteiger partial charge < -0.3 is 18.0 Å². The predicted molar refractivity (Wildman–Crippen MR) is 555 cm³/mol. The molecule has 26 aromatic rings. The van der Waals surface area contributed by atoms with Gasteiger partial charge >= 0.3 is 0 Å². The molecule has 0 N–H and O–H groups in total. The Morgan fingerprint density at radius 2 is 0.478 bits per heavy atom. The fraction of sp³-hybridized carbons (Fsp3) is 0. The van der Waals surface area contributed by atoms with Crippen LogP contribution in [0.15, 0.2) is 482 Å². The fourth-order valence-corrected chi connectivity index (χ4v) is 19.2. The van der Waals surface area contributed by atoms with Gasteiger partial charge in [0.15, 0.2) is 34.9 Å². The molecule has 18 aromatic carbocycles. The third-order valence-corrected chi connectivity index (χ3v) is 25.7. The van der Waals surface area contributed by atoms with Crippen molar-refractivity contribution in [3.05, 3.63) is 473 Å². The van der Waals surface area contributed by atoms with Gasteiger partial charge in [0.25, 0.3) is 0 Å². The topological polar surface area (TPSA) is 139 Å². The standard InChI is InChI=1S/2C62H39N5O/c1-6-19-40(20-7-1)44-33-45(41-21-8-2-9-22-41)35-46(34-44)47-36-53(62-65-60(42-23-10-3-11-24-42)64-61(66-62)43-25-12-4-13-26-43)59(63-39-47)50-30-18-32-56-58(50)52-37-55-51(38-57(52)68-56)49-29-16-17-31-54(49)67(55)48-27-14-5-15-28-48;1-6-18-40(19-7-1)45-32-46(41-20-8-2-9-21-41)34-47(33-45)48-36-54(62-65-60(42-22-10-3-11-23-42)64-61(66-62)43-24-12-4-13-25-43)59(63-39-48)44-30-31-57-52(35-44)53-37-56-51(38-58(53)68-57)50-28-16-17-29-55(50)67(56)49-26-14-5-15-27-49/h2*1-39H. The molecule has 8 aromatic heterocycles. The molecule has 0 amide bonds. The second kappa shape index (κ2) is 34.1. The zero-order valence-electron chi connectivity index (χ0n) is 73.3. The summed E-state index contributed by atoms with van der Waals surface area (Å²) in [4.78, 5) is 42.1. The van der Waals surface area contributed by atoms with Crippen LogP contribution in [0.25, 0.3) is 256 Å². The first-order valence-electron chi connectivity index (χ1n) is 45.6. The molecule has 8 heterocycles. The van der Waals surface area contributed by atoms with E-state index in [-0.39, 0.29) is 0 Å². The van der Waals surface area contributed by atoms with Crippen LogP contribution in [0.1, 0.15) is 0 Å². The minimum absolute atomic E-state index is 0.515. The van der Waals surface area contributed by atoms with E-state index < -0.39 is 0 Å². The van der Waals surface area contributed by atoms with Gasteiger partial charge in [0, 0.05) is 122 Å². The van der Waals surface area contributed by atoms with Gasteiger partial charge in [-0.3, -0.25) is 9.97 Å². The summed E-state index contributed by atoms with van der Waals surface area (Å²) in [7, 11) is 0. The first kappa shape index (κ1) is 79.6. The van der Waals surface area contributed by atoms with Crippen molar-refractivity contribution in [2.45, 2.75) is 0 Å². The summed E-state index contributed by atoms with van der Waals surface area (Å²) in [5.41, 5.74) is 31.2. The van der Waals surface area contributed by atoms with Crippen molar-refractivity contribution in [1.29, 1.82) is 0 Å². The van der Waals surface area contributed by atoms with Crippen molar-refractivity contribution >= 4 is 87.5 Å². The van der Waals surface area contributed by atoms with Gasteiger partial charge in [-0.15, -0.1) is 0 Å². The molecule has 0 saturated carbocycles. The number of hydrogen-bond donors (Lipinski definition) is 0. The number of furan rings is 2. The molecule has 0 radical (unpaired) electrons. The van der Waals surface area contributed by atoms with Gasteiger partial charge in [0.05, 0.1) is 33.5 Å². The maximum Gasteiger partial charge on any atom is 0.166 e. The lowest BCUT2D eigenvalue weighted by atomic mass is 9.92. The average Bonchev–Trinajstić information content (AvgIpc) is 1.56. The number of aromatic nitrogens is 10. The van der Waals surface area contributed by atoms with Crippen molar-refractivity contribution in [2.24, 2.45) is 0 Å². The highest BCUT2D eigenvalue weighted by Crippen LogP contribution is 2.48. The summed E-state index contributed by atoms with van der Waals surface area (Å²) in [5, 5.41) is 8.59. The molecule has 0 saturated heterocycles. The van der Waals surface area contributed by atoms with Gasteiger partial charge in [-0.05, 0) is 189 Å². The van der Waals surface area contributed by atoms with Crippen LogP contribution in [0, 0.1) is 0 Å². The van der Waals surface area contributed by atoms with Gasteiger partial charge in [0.1, 0.15) is 22.3 Å². The van der Waals surface area contributed by atoms with Crippen molar-refractivity contribution in [1.82, 2.24) is 49.0 Å². The smallest absolute Gasteiger partial charge is 0.166 e. The van der Waals surface area contributed by atoms with Crippen LogP contribution in [0.2, 0.25) is 0 Å². The summed E-state index contributed by atoms with van der Waals surface area (Å²) < 4.78 is 18.2. The predicted octanol–water partition coefficient (Wildman–Crippen LogP) is 31.9. The summed E-state index contributed by atoms with van der Waals surface area (Å²) in [5.74, 6) is 3.35. The first-order chi connectivity index (χ1) is 67.4. The molecule has 636 valence electrons. The molecule has 0 fully saturated rings. The Bertz CT molecular complexity index is 8820. The lowest BCUT2D eigenvalue weighted by Gasteiger charge is -2.15. The molecule has 0 unspecified atom stereocenters. The number of nitrogens with zero attached hydrogens (tertiary/aromatic N) is 10. The Hall–Kier alpha value is -18.5. The molecule has 0 aliphatic carbocycles. The van der Waals surface area contributed by atoms with E-state index in [1.165, 1.54) is 10.8 Å². The summed E-state index contributed by atoms with van der Waals surface area (Å²) in [6.45, 7) is 0. The lowest BCUT2D eigenvalue weighted by molar-refractivity contribution is 0.669. The highest BCUT2D eigenvalue weighted by Gasteiger charge is 2.27. The Morgan fingerprint density at radius 3 is 0.882 bits per heavy atom. The van der Waals surface area contributed by atoms with E-state index >= 15 is 0 Å². The van der Waals surface area contributed by atoms with Crippen molar-refractivity contribution in [2.75, 3.05) is 0 Å². The SMILES string of the molecule is c1ccc(-c2cc(-c3ccccc3)cc(-c3cnc(-c4ccc5oc6cc7c8ccccc8n(-c8ccccc8)c7cc6c5c4)c(-c4nc(-c5ccccc5)nc(-c5ccccc5)n4)c3)c2)cc1.c1ccc(-c2cc(-c3ccccc3)cc(-c3cnc(-c4cccc5oc6cc7c8ccccc8n(-c8ccccc8)c7cc6c45)c(-c4nc(-c5ccccc5)nc(-c5ccccc5)n4)c3)c2)cc1. The van der Waals surface area contributed by atoms with Crippen molar-refractivity contribution < 1.29 is 8.83 Å². The van der Waals surface area contributed by atoms with Crippen molar-refractivity contribution in [3.8, 4) is 169 Å². The Kier molecular flexibility index (Phi) is 20.0. The number of para-hydroxylation sites is 4. The quantitative estimate of drug-likeness (QED) is 0.0918. The second-order valence-corrected chi connectivity index (χ2v) is 34.1. The van der Waals surface area contributed by atoms with Gasteiger partial charge in [-0.2, -0.15) is 0 Å². The lowest BCUT2D eigenvalue weighted by Crippen LogP contribution is -2.02. The maximum atomic E-state index is 6.81. The molecule has 136 heavy (non-hydrogen) atoms. The third-order valence-electron chi connectivity index (χ3n) is 25.7. The largest absolute Gasteiger partial charge is 0.456 e. The Labute approximate surface area is 782 Å². The number of benzene rings is 18. The molecule has 26 rings (SSSR count). The van der Waals surface area contributed by atoms with Crippen LogP contribution in [0.5, 0.6) is 0 Å². The molecular formula is C124H78N10O2. The molecule has 0 aliphatic heterocycles. The first-order valence-corrected chi connectivity index (χ1v) is 45.6. The zero-order valence-corrected chi connectivity index (χ0v) is 73.3.